The van der Waals surface area contributed by atoms with Crippen molar-refractivity contribution < 1.29 is 0 Å². The molecule has 0 saturated heterocycles. The number of hydrogen-bond donors (Lipinski definition) is 1. The molecule has 4 rings (SSSR count). The fourth-order valence-corrected chi connectivity index (χ4v) is 3.37. The summed E-state index contributed by atoms with van der Waals surface area (Å²) in [5.41, 5.74) is 2.24. The zero-order valence-corrected chi connectivity index (χ0v) is 12.7. The number of rotatable bonds is 3. The van der Waals surface area contributed by atoms with E-state index < -0.39 is 0 Å². The SMILES string of the molecule is c1ccc(Sc2cc(-c3cccc4ccccc34)[nH]n2)cc1. The molecule has 22 heavy (non-hydrogen) atoms. The molecule has 0 bridgehead atoms. The number of nitrogens with one attached hydrogen (secondary N) is 1. The standard InChI is InChI=1S/C19H14N2S/c1-2-9-15(10-3-1)22-19-13-18(20-21-19)17-12-6-8-14-7-4-5-11-16(14)17/h1-13H,(H,20,21). The molecule has 3 heteroatoms. The van der Waals surface area contributed by atoms with Crippen molar-refractivity contribution in [3.05, 3.63) is 78.9 Å². The lowest BCUT2D eigenvalue weighted by Gasteiger charge is -2.03. The van der Waals surface area contributed by atoms with Gasteiger partial charge in [0.05, 0.1) is 5.69 Å². The lowest BCUT2D eigenvalue weighted by atomic mass is 10.0. The Morgan fingerprint density at radius 1 is 0.773 bits per heavy atom. The molecule has 0 saturated carbocycles. The Kier molecular flexibility index (Phi) is 3.41. The summed E-state index contributed by atoms with van der Waals surface area (Å²) in [4.78, 5) is 1.19. The average Bonchev–Trinajstić information content (AvgIpc) is 3.03. The van der Waals surface area contributed by atoms with Crippen LogP contribution >= 0.6 is 11.8 Å². The van der Waals surface area contributed by atoms with Crippen LogP contribution in [-0.4, -0.2) is 10.2 Å². The number of fused-ring (bicyclic) bond motifs is 1. The van der Waals surface area contributed by atoms with Gasteiger partial charge in [-0.1, -0.05) is 72.4 Å². The van der Waals surface area contributed by atoms with Crippen LogP contribution < -0.4 is 0 Å². The minimum absolute atomic E-state index is 0.981. The minimum atomic E-state index is 0.981. The molecule has 106 valence electrons. The minimum Gasteiger partial charge on any atom is -0.277 e. The highest BCUT2D eigenvalue weighted by Gasteiger charge is 2.08. The van der Waals surface area contributed by atoms with Gasteiger partial charge in [-0.05, 0) is 29.0 Å². The van der Waals surface area contributed by atoms with Crippen LogP contribution in [0.4, 0.5) is 0 Å². The van der Waals surface area contributed by atoms with Crippen LogP contribution in [0.15, 0.2) is 88.8 Å². The molecule has 2 nitrogen and oxygen atoms in total. The molecule has 1 aromatic heterocycles. The molecule has 0 amide bonds. The Hall–Kier alpha value is -2.52. The van der Waals surface area contributed by atoms with E-state index >= 15 is 0 Å². The first-order valence-electron chi connectivity index (χ1n) is 7.16. The number of benzene rings is 3. The van der Waals surface area contributed by atoms with Gasteiger partial charge in [0.15, 0.2) is 0 Å². The maximum Gasteiger partial charge on any atom is 0.123 e. The van der Waals surface area contributed by atoms with Crippen molar-refractivity contribution in [2.45, 2.75) is 9.92 Å². The van der Waals surface area contributed by atoms with Gasteiger partial charge in [-0.25, -0.2) is 0 Å². The Bertz CT molecular complexity index is 908. The summed E-state index contributed by atoms with van der Waals surface area (Å²) in [6.07, 6.45) is 0. The van der Waals surface area contributed by atoms with Crippen LogP contribution in [0.25, 0.3) is 22.0 Å². The Balaban J connectivity index is 1.71. The van der Waals surface area contributed by atoms with Crippen molar-refractivity contribution in [1.82, 2.24) is 10.2 Å². The van der Waals surface area contributed by atoms with E-state index in [-0.39, 0.29) is 0 Å². The lowest BCUT2D eigenvalue weighted by molar-refractivity contribution is 1.01. The molecule has 0 fully saturated rings. The molecule has 0 aliphatic heterocycles. The highest BCUT2D eigenvalue weighted by molar-refractivity contribution is 7.99. The van der Waals surface area contributed by atoms with Gasteiger partial charge in [-0.15, -0.1) is 0 Å². The van der Waals surface area contributed by atoms with Gasteiger partial charge in [-0.3, -0.25) is 5.10 Å². The number of H-pyrrole nitrogens is 1. The van der Waals surface area contributed by atoms with Gasteiger partial charge in [-0.2, -0.15) is 5.10 Å². The van der Waals surface area contributed by atoms with Crippen molar-refractivity contribution >= 4 is 22.5 Å². The van der Waals surface area contributed by atoms with Crippen LogP contribution in [0.1, 0.15) is 0 Å². The topological polar surface area (TPSA) is 28.7 Å². The first-order chi connectivity index (χ1) is 10.9. The lowest BCUT2D eigenvalue weighted by Crippen LogP contribution is -1.80. The molecule has 0 spiro atoms. The Morgan fingerprint density at radius 3 is 2.45 bits per heavy atom. The second kappa shape index (κ2) is 5.70. The molecule has 0 aliphatic rings. The number of aromatic amines is 1. The number of aromatic nitrogens is 2. The summed E-state index contributed by atoms with van der Waals surface area (Å²) in [5, 5.41) is 11.1. The molecule has 1 N–H and O–H groups in total. The summed E-state index contributed by atoms with van der Waals surface area (Å²) in [6.45, 7) is 0. The Morgan fingerprint density at radius 2 is 1.55 bits per heavy atom. The molecule has 0 aliphatic carbocycles. The first-order valence-corrected chi connectivity index (χ1v) is 7.98. The van der Waals surface area contributed by atoms with E-state index in [1.54, 1.807) is 11.8 Å². The van der Waals surface area contributed by atoms with Crippen molar-refractivity contribution in [3.63, 3.8) is 0 Å². The van der Waals surface area contributed by atoms with Crippen molar-refractivity contribution in [3.8, 4) is 11.3 Å². The van der Waals surface area contributed by atoms with Gasteiger partial charge >= 0.3 is 0 Å². The van der Waals surface area contributed by atoms with Gasteiger partial charge in [0, 0.05) is 10.5 Å². The quantitative estimate of drug-likeness (QED) is 0.550. The van der Waals surface area contributed by atoms with Crippen LogP contribution in [-0.2, 0) is 0 Å². The van der Waals surface area contributed by atoms with Gasteiger partial charge in [0.2, 0.25) is 0 Å². The summed E-state index contributed by atoms with van der Waals surface area (Å²) < 4.78 is 0. The van der Waals surface area contributed by atoms with Gasteiger partial charge in [0.1, 0.15) is 5.03 Å². The van der Waals surface area contributed by atoms with E-state index in [0.717, 1.165) is 10.7 Å². The van der Waals surface area contributed by atoms with Crippen molar-refractivity contribution in [2.75, 3.05) is 0 Å². The third-order valence-corrected chi connectivity index (χ3v) is 4.53. The first kappa shape index (κ1) is 13.2. The van der Waals surface area contributed by atoms with E-state index in [1.165, 1.54) is 21.2 Å². The zero-order valence-electron chi connectivity index (χ0n) is 11.9. The molecule has 0 atom stereocenters. The molecular formula is C19H14N2S. The highest BCUT2D eigenvalue weighted by atomic mass is 32.2. The predicted molar refractivity (Wildman–Crippen MR) is 92.1 cm³/mol. The summed E-state index contributed by atoms with van der Waals surface area (Å²) >= 11 is 1.67. The third kappa shape index (κ3) is 2.51. The van der Waals surface area contributed by atoms with E-state index in [0.29, 0.717) is 0 Å². The van der Waals surface area contributed by atoms with E-state index in [2.05, 4.69) is 70.9 Å². The number of hydrogen-bond acceptors (Lipinski definition) is 2. The van der Waals surface area contributed by atoms with Crippen LogP contribution in [0.5, 0.6) is 0 Å². The molecule has 4 aromatic rings. The maximum absolute atomic E-state index is 4.43. The smallest absolute Gasteiger partial charge is 0.123 e. The van der Waals surface area contributed by atoms with Crippen LogP contribution in [0.3, 0.4) is 0 Å². The average molecular weight is 302 g/mol. The predicted octanol–water partition coefficient (Wildman–Crippen LogP) is 5.38. The van der Waals surface area contributed by atoms with Crippen molar-refractivity contribution in [2.24, 2.45) is 0 Å². The largest absolute Gasteiger partial charge is 0.277 e. The molecular weight excluding hydrogens is 288 g/mol. The van der Waals surface area contributed by atoms with E-state index in [9.17, 15) is 0 Å². The van der Waals surface area contributed by atoms with Crippen LogP contribution in [0.2, 0.25) is 0 Å². The fraction of sp³-hybridized carbons (Fsp3) is 0. The van der Waals surface area contributed by atoms with Gasteiger partial charge in [0.25, 0.3) is 0 Å². The number of nitrogens with zero attached hydrogens (tertiary/aromatic N) is 1. The normalized spacial score (nSPS) is 10.9. The van der Waals surface area contributed by atoms with E-state index in [1.807, 2.05) is 18.2 Å². The summed E-state index contributed by atoms with van der Waals surface area (Å²) in [7, 11) is 0. The Labute approximate surface area is 133 Å². The molecule has 1 heterocycles. The summed E-state index contributed by atoms with van der Waals surface area (Å²) in [5.74, 6) is 0. The monoisotopic (exact) mass is 302 g/mol. The molecule has 3 aromatic carbocycles. The second-order valence-corrected chi connectivity index (χ2v) is 6.16. The van der Waals surface area contributed by atoms with Crippen molar-refractivity contribution in [1.29, 1.82) is 0 Å². The molecule has 0 radical (unpaired) electrons. The molecule has 0 unspecified atom stereocenters. The summed E-state index contributed by atoms with van der Waals surface area (Å²) in [6, 6.07) is 27.2. The van der Waals surface area contributed by atoms with E-state index in [4.69, 9.17) is 0 Å². The van der Waals surface area contributed by atoms with Gasteiger partial charge < -0.3 is 0 Å². The zero-order chi connectivity index (χ0) is 14.8. The highest BCUT2D eigenvalue weighted by Crippen LogP contribution is 2.31. The van der Waals surface area contributed by atoms with Crippen LogP contribution in [0, 0.1) is 0 Å². The maximum atomic E-state index is 4.43. The fourth-order valence-electron chi connectivity index (χ4n) is 2.56. The second-order valence-electron chi connectivity index (χ2n) is 5.06. The third-order valence-electron chi connectivity index (χ3n) is 3.60.